The third-order valence-electron chi connectivity index (χ3n) is 8.03. The lowest BCUT2D eigenvalue weighted by Gasteiger charge is -2.28. The molecule has 0 heterocycles. The molecule has 3 aromatic rings. The summed E-state index contributed by atoms with van der Waals surface area (Å²) >= 11 is 0. The normalized spacial score (nSPS) is 18.2. The predicted molar refractivity (Wildman–Crippen MR) is 149 cm³/mol. The maximum Gasteiger partial charge on any atom is -0.0184 e. The molecular formula is C34H44. The first-order chi connectivity index (χ1) is 16.7. The Labute approximate surface area is 208 Å². The van der Waals surface area contributed by atoms with Crippen molar-refractivity contribution in [1.29, 1.82) is 0 Å². The molecule has 0 unspecified atom stereocenters. The van der Waals surface area contributed by atoms with Crippen LogP contribution in [0.25, 0.3) is 22.3 Å². The van der Waals surface area contributed by atoms with Gasteiger partial charge < -0.3 is 0 Å². The fourth-order valence-corrected chi connectivity index (χ4v) is 5.75. The lowest BCUT2D eigenvalue weighted by Crippen LogP contribution is -2.15. The van der Waals surface area contributed by atoms with Gasteiger partial charge in [0.15, 0.2) is 0 Å². The first kappa shape index (κ1) is 24.8. The van der Waals surface area contributed by atoms with Crippen molar-refractivity contribution in [1.82, 2.24) is 0 Å². The van der Waals surface area contributed by atoms with E-state index in [0.717, 1.165) is 11.8 Å². The molecule has 34 heavy (non-hydrogen) atoms. The molecule has 0 atom stereocenters. The van der Waals surface area contributed by atoms with Gasteiger partial charge in [0.1, 0.15) is 0 Å². The summed E-state index contributed by atoms with van der Waals surface area (Å²) in [4.78, 5) is 0. The van der Waals surface area contributed by atoms with Gasteiger partial charge in [-0.05, 0) is 70.9 Å². The summed E-state index contributed by atoms with van der Waals surface area (Å²) < 4.78 is 0. The number of hydrogen-bond donors (Lipinski definition) is 0. The predicted octanol–water partition coefficient (Wildman–Crippen LogP) is 10.3. The maximum atomic E-state index is 2.35. The Bertz CT molecular complexity index is 954. The van der Waals surface area contributed by atoms with Crippen LogP contribution in [0.2, 0.25) is 0 Å². The fourth-order valence-electron chi connectivity index (χ4n) is 5.75. The van der Waals surface area contributed by atoms with E-state index >= 15 is 0 Å². The summed E-state index contributed by atoms with van der Waals surface area (Å²) in [6.45, 7) is 4.60. The Morgan fingerprint density at radius 3 is 1.32 bits per heavy atom. The average Bonchev–Trinajstić information content (AvgIpc) is 2.89. The van der Waals surface area contributed by atoms with E-state index < -0.39 is 0 Å². The van der Waals surface area contributed by atoms with Gasteiger partial charge in [-0.1, -0.05) is 138 Å². The van der Waals surface area contributed by atoms with Crippen molar-refractivity contribution >= 4 is 0 Å². The number of benzene rings is 3. The van der Waals surface area contributed by atoms with E-state index in [1.54, 1.807) is 0 Å². The molecule has 0 aliphatic heterocycles. The van der Waals surface area contributed by atoms with Crippen LogP contribution in [0, 0.1) is 11.8 Å². The molecule has 0 aromatic heterocycles. The lowest BCUT2D eigenvalue weighted by molar-refractivity contribution is 0.252. The van der Waals surface area contributed by atoms with E-state index in [4.69, 9.17) is 0 Å². The highest BCUT2D eigenvalue weighted by Crippen LogP contribution is 2.34. The van der Waals surface area contributed by atoms with Gasteiger partial charge in [-0.2, -0.15) is 0 Å². The standard InChI is InChI=1S/C34H44/c1-3-5-6-8-28-15-19-31(20-16-28)33-23-25-34(26-24-33)32-21-17-30(18-22-32)14-13-29-11-9-27(7-4-2)10-12-29/h15-27,29H,3-14H2,1-2H3/t27-,29-. The maximum absolute atomic E-state index is 2.35. The molecule has 0 saturated heterocycles. The smallest absolute Gasteiger partial charge is 0.0184 e. The summed E-state index contributed by atoms with van der Waals surface area (Å²) in [5, 5.41) is 0. The van der Waals surface area contributed by atoms with Crippen molar-refractivity contribution < 1.29 is 0 Å². The van der Waals surface area contributed by atoms with Gasteiger partial charge >= 0.3 is 0 Å². The van der Waals surface area contributed by atoms with E-state index in [0.29, 0.717) is 0 Å². The largest absolute Gasteiger partial charge is 0.0654 e. The monoisotopic (exact) mass is 452 g/mol. The minimum Gasteiger partial charge on any atom is -0.0654 e. The van der Waals surface area contributed by atoms with E-state index in [2.05, 4.69) is 86.6 Å². The van der Waals surface area contributed by atoms with Crippen LogP contribution in [-0.4, -0.2) is 0 Å². The lowest BCUT2D eigenvalue weighted by atomic mass is 9.78. The number of rotatable bonds is 11. The molecule has 0 amide bonds. The van der Waals surface area contributed by atoms with Crippen LogP contribution in [0.4, 0.5) is 0 Å². The zero-order chi connectivity index (χ0) is 23.6. The molecule has 0 N–H and O–H groups in total. The Hall–Kier alpha value is -2.34. The molecule has 180 valence electrons. The molecule has 1 saturated carbocycles. The fraction of sp³-hybridized carbons (Fsp3) is 0.471. The number of hydrogen-bond acceptors (Lipinski definition) is 0. The molecule has 1 aliphatic rings. The van der Waals surface area contributed by atoms with Crippen molar-refractivity contribution in [3.8, 4) is 22.3 Å². The van der Waals surface area contributed by atoms with E-state index in [9.17, 15) is 0 Å². The van der Waals surface area contributed by atoms with Crippen molar-refractivity contribution in [2.45, 2.75) is 90.9 Å². The third kappa shape index (κ3) is 7.08. The van der Waals surface area contributed by atoms with Gasteiger partial charge in [0.05, 0.1) is 0 Å². The highest BCUT2D eigenvalue weighted by Gasteiger charge is 2.20. The van der Waals surface area contributed by atoms with Gasteiger partial charge in [-0.15, -0.1) is 0 Å². The third-order valence-corrected chi connectivity index (χ3v) is 8.03. The van der Waals surface area contributed by atoms with Gasteiger partial charge in [0.2, 0.25) is 0 Å². The summed E-state index contributed by atoms with van der Waals surface area (Å²) in [7, 11) is 0. The first-order valence-electron chi connectivity index (χ1n) is 14.0. The highest BCUT2D eigenvalue weighted by molar-refractivity contribution is 5.70. The second kappa shape index (κ2) is 12.9. The summed E-state index contributed by atoms with van der Waals surface area (Å²) in [6, 6.07) is 27.6. The van der Waals surface area contributed by atoms with Crippen molar-refractivity contribution in [2.75, 3.05) is 0 Å². The highest BCUT2D eigenvalue weighted by atomic mass is 14.3. The SMILES string of the molecule is CCCCCc1ccc(-c2ccc(-c3ccc(CC[C@H]4CC[C@H](CCC)CC4)cc3)cc2)cc1. The zero-order valence-corrected chi connectivity index (χ0v) is 21.6. The van der Waals surface area contributed by atoms with Crippen LogP contribution in [0.5, 0.6) is 0 Å². The minimum atomic E-state index is 0.950. The van der Waals surface area contributed by atoms with Crippen LogP contribution < -0.4 is 0 Å². The molecule has 0 heteroatoms. The summed E-state index contributed by atoms with van der Waals surface area (Å²) in [5.74, 6) is 1.97. The van der Waals surface area contributed by atoms with E-state index in [1.807, 2.05) is 0 Å². The molecule has 4 rings (SSSR count). The van der Waals surface area contributed by atoms with E-state index in [1.165, 1.54) is 110 Å². The molecule has 1 fully saturated rings. The molecule has 0 bridgehead atoms. The number of aryl methyl sites for hydroxylation is 2. The van der Waals surface area contributed by atoms with Crippen LogP contribution >= 0.6 is 0 Å². The van der Waals surface area contributed by atoms with Gasteiger partial charge in [0, 0.05) is 0 Å². The van der Waals surface area contributed by atoms with Gasteiger partial charge in [-0.3, -0.25) is 0 Å². The van der Waals surface area contributed by atoms with Gasteiger partial charge in [-0.25, -0.2) is 0 Å². The first-order valence-corrected chi connectivity index (χ1v) is 14.0. The van der Waals surface area contributed by atoms with Crippen molar-refractivity contribution in [2.24, 2.45) is 11.8 Å². The second-order valence-corrected chi connectivity index (χ2v) is 10.6. The molecule has 1 aliphatic carbocycles. The van der Waals surface area contributed by atoms with Crippen molar-refractivity contribution in [3.05, 3.63) is 83.9 Å². The Balaban J connectivity index is 1.28. The Kier molecular flexibility index (Phi) is 9.43. The Morgan fingerprint density at radius 1 is 0.471 bits per heavy atom. The zero-order valence-electron chi connectivity index (χ0n) is 21.6. The molecule has 0 nitrogen and oxygen atoms in total. The second-order valence-electron chi connectivity index (χ2n) is 10.6. The van der Waals surface area contributed by atoms with Gasteiger partial charge in [0.25, 0.3) is 0 Å². The number of unbranched alkanes of at least 4 members (excludes halogenated alkanes) is 2. The molecule has 3 aromatic carbocycles. The topological polar surface area (TPSA) is 0 Å². The quantitative estimate of drug-likeness (QED) is 0.254. The molecule has 0 spiro atoms. The van der Waals surface area contributed by atoms with Crippen LogP contribution in [0.3, 0.4) is 0 Å². The summed E-state index contributed by atoms with van der Waals surface area (Å²) in [6.07, 6.45) is 16.3. The van der Waals surface area contributed by atoms with Crippen molar-refractivity contribution in [3.63, 3.8) is 0 Å². The van der Waals surface area contributed by atoms with Crippen LogP contribution in [0.1, 0.15) is 89.2 Å². The molecule has 0 radical (unpaired) electrons. The Morgan fingerprint density at radius 2 is 0.882 bits per heavy atom. The minimum absolute atomic E-state index is 0.950. The molecular weight excluding hydrogens is 408 g/mol. The van der Waals surface area contributed by atoms with Crippen LogP contribution in [-0.2, 0) is 12.8 Å². The van der Waals surface area contributed by atoms with Crippen LogP contribution in [0.15, 0.2) is 72.8 Å². The van der Waals surface area contributed by atoms with E-state index in [-0.39, 0.29) is 0 Å². The average molecular weight is 453 g/mol. The summed E-state index contributed by atoms with van der Waals surface area (Å²) in [5.41, 5.74) is 8.19.